The molecule has 0 unspecified atom stereocenters. The average molecular weight is 369 g/mol. The first-order valence-corrected chi connectivity index (χ1v) is 8.64. The number of para-hydroxylation sites is 1. The summed E-state index contributed by atoms with van der Waals surface area (Å²) in [6, 6.07) is 12.1. The molecule has 1 atom stereocenters. The molecule has 3 amide bonds. The molecular formula is C20H20FN3O3. The standard InChI is InChI=1S/C20H20FN3O3/c1-12(2)24-16-10-6-4-8-14(16)17(20(24)27)23-19(26)18(25)22-11-13-7-3-5-9-15(13)21/h3-10,12,17H,11H2,1-2H3,(H,22,25)(H,23,26)/t17-/m1/s1. The zero-order chi connectivity index (χ0) is 19.6. The minimum Gasteiger partial charge on any atom is -0.344 e. The van der Waals surface area contributed by atoms with Crippen LogP contribution in [0.5, 0.6) is 0 Å². The summed E-state index contributed by atoms with van der Waals surface area (Å²) in [7, 11) is 0. The van der Waals surface area contributed by atoms with E-state index >= 15 is 0 Å². The van der Waals surface area contributed by atoms with Gasteiger partial charge in [-0.25, -0.2) is 4.39 Å². The summed E-state index contributed by atoms with van der Waals surface area (Å²) in [5, 5.41) is 4.85. The molecule has 0 fully saturated rings. The van der Waals surface area contributed by atoms with Crippen LogP contribution in [-0.4, -0.2) is 23.8 Å². The predicted molar refractivity (Wildman–Crippen MR) is 98.2 cm³/mol. The Balaban J connectivity index is 1.69. The Morgan fingerprint density at radius 3 is 2.44 bits per heavy atom. The van der Waals surface area contributed by atoms with Crippen LogP contribution in [0.4, 0.5) is 10.1 Å². The van der Waals surface area contributed by atoms with Crippen LogP contribution >= 0.6 is 0 Å². The van der Waals surface area contributed by atoms with Crippen molar-refractivity contribution in [1.82, 2.24) is 10.6 Å². The maximum Gasteiger partial charge on any atom is 0.310 e. The maximum absolute atomic E-state index is 13.6. The van der Waals surface area contributed by atoms with Crippen molar-refractivity contribution in [3.05, 3.63) is 65.5 Å². The molecule has 2 aromatic carbocycles. The number of benzene rings is 2. The Kier molecular flexibility index (Phi) is 5.21. The third kappa shape index (κ3) is 3.67. The number of hydrogen-bond acceptors (Lipinski definition) is 3. The Labute approximate surface area is 156 Å². The fourth-order valence-corrected chi connectivity index (χ4v) is 3.11. The van der Waals surface area contributed by atoms with Gasteiger partial charge in [-0.2, -0.15) is 0 Å². The minimum atomic E-state index is -0.940. The van der Waals surface area contributed by atoms with E-state index in [0.29, 0.717) is 5.56 Å². The lowest BCUT2D eigenvalue weighted by atomic mass is 10.1. The topological polar surface area (TPSA) is 78.5 Å². The van der Waals surface area contributed by atoms with Gasteiger partial charge in [0.25, 0.3) is 5.91 Å². The first-order valence-electron chi connectivity index (χ1n) is 8.64. The number of nitrogens with one attached hydrogen (secondary N) is 2. The highest BCUT2D eigenvalue weighted by atomic mass is 19.1. The van der Waals surface area contributed by atoms with Gasteiger partial charge in [-0.05, 0) is 26.0 Å². The van der Waals surface area contributed by atoms with Gasteiger partial charge in [0, 0.05) is 29.4 Å². The lowest BCUT2D eigenvalue weighted by Crippen LogP contribution is -2.45. The van der Waals surface area contributed by atoms with Gasteiger partial charge in [-0.1, -0.05) is 36.4 Å². The normalized spacial score (nSPS) is 15.6. The van der Waals surface area contributed by atoms with E-state index in [2.05, 4.69) is 10.6 Å². The van der Waals surface area contributed by atoms with Crippen LogP contribution in [0.3, 0.4) is 0 Å². The zero-order valence-corrected chi connectivity index (χ0v) is 15.0. The Morgan fingerprint density at radius 2 is 1.74 bits per heavy atom. The third-order valence-corrected chi connectivity index (χ3v) is 4.39. The molecule has 0 saturated carbocycles. The molecule has 1 aliphatic heterocycles. The summed E-state index contributed by atoms with van der Waals surface area (Å²) in [5.41, 5.74) is 1.63. The molecule has 1 aliphatic rings. The van der Waals surface area contributed by atoms with Crippen molar-refractivity contribution < 1.29 is 18.8 Å². The summed E-state index contributed by atoms with van der Waals surface area (Å²) in [4.78, 5) is 38.6. The van der Waals surface area contributed by atoms with E-state index in [1.807, 2.05) is 19.9 Å². The van der Waals surface area contributed by atoms with Crippen molar-refractivity contribution in [2.45, 2.75) is 32.5 Å². The highest BCUT2D eigenvalue weighted by molar-refractivity contribution is 6.35. The molecule has 0 aliphatic carbocycles. The van der Waals surface area contributed by atoms with Gasteiger partial charge in [0.1, 0.15) is 11.9 Å². The van der Waals surface area contributed by atoms with Gasteiger partial charge in [0.05, 0.1) is 0 Å². The van der Waals surface area contributed by atoms with Crippen LogP contribution in [0.25, 0.3) is 0 Å². The molecule has 0 aromatic heterocycles. The molecule has 0 bridgehead atoms. The number of nitrogens with zero attached hydrogens (tertiary/aromatic N) is 1. The van der Waals surface area contributed by atoms with E-state index in [1.54, 1.807) is 29.2 Å². The van der Waals surface area contributed by atoms with Gasteiger partial charge in [-0.3, -0.25) is 14.4 Å². The second-order valence-corrected chi connectivity index (χ2v) is 6.54. The molecule has 140 valence electrons. The molecule has 3 rings (SSSR count). The Bertz CT molecular complexity index is 898. The van der Waals surface area contributed by atoms with E-state index in [9.17, 15) is 18.8 Å². The van der Waals surface area contributed by atoms with Crippen LogP contribution in [0, 0.1) is 5.82 Å². The first kappa shape index (κ1) is 18.6. The second kappa shape index (κ2) is 7.57. The van der Waals surface area contributed by atoms with E-state index < -0.39 is 23.7 Å². The summed E-state index contributed by atoms with van der Waals surface area (Å²) < 4.78 is 13.6. The molecule has 7 heteroatoms. The molecule has 0 saturated heterocycles. The lowest BCUT2D eigenvalue weighted by Gasteiger charge is -2.22. The lowest BCUT2D eigenvalue weighted by molar-refractivity contribution is -0.140. The summed E-state index contributed by atoms with van der Waals surface area (Å²) in [6.45, 7) is 3.63. The van der Waals surface area contributed by atoms with Gasteiger partial charge in [0.15, 0.2) is 0 Å². The fraction of sp³-hybridized carbons (Fsp3) is 0.250. The smallest absolute Gasteiger partial charge is 0.310 e. The zero-order valence-electron chi connectivity index (χ0n) is 15.0. The largest absolute Gasteiger partial charge is 0.344 e. The van der Waals surface area contributed by atoms with Crippen molar-refractivity contribution in [3.63, 3.8) is 0 Å². The van der Waals surface area contributed by atoms with Crippen molar-refractivity contribution in [1.29, 1.82) is 0 Å². The summed E-state index contributed by atoms with van der Waals surface area (Å²) >= 11 is 0. The van der Waals surface area contributed by atoms with Crippen LogP contribution in [-0.2, 0) is 20.9 Å². The third-order valence-electron chi connectivity index (χ3n) is 4.39. The number of hydrogen-bond donors (Lipinski definition) is 2. The molecule has 6 nitrogen and oxygen atoms in total. The van der Waals surface area contributed by atoms with Crippen molar-refractivity contribution >= 4 is 23.4 Å². The number of rotatable bonds is 4. The van der Waals surface area contributed by atoms with Gasteiger partial charge in [0.2, 0.25) is 0 Å². The molecule has 0 radical (unpaired) electrons. The van der Waals surface area contributed by atoms with E-state index in [1.165, 1.54) is 18.2 Å². The Hall–Kier alpha value is -3.22. The van der Waals surface area contributed by atoms with Crippen LogP contribution in [0.15, 0.2) is 48.5 Å². The van der Waals surface area contributed by atoms with Crippen molar-refractivity contribution in [3.8, 4) is 0 Å². The summed E-state index contributed by atoms with van der Waals surface area (Å²) in [5.74, 6) is -2.62. The maximum atomic E-state index is 13.6. The Morgan fingerprint density at radius 1 is 1.07 bits per heavy atom. The van der Waals surface area contributed by atoms with Gasteiger partial charge in [-0.15, -0.1) is 0 Å². The monoisotopic (exact) mass is 369 g/mol. The van der Waals surface area contributed by atoms with E-state index in [0.717, 1.165) is 5.69 Å². The molecule has 0 spiro atoms. The number of amides is 3. The number of anilines is 1. The number of carbonyl (C=O) groups excluding carboxylic acids is 3. The summed E-state index contributed by atoms with van der Waals surface area (Å²) in [6.07, 6.45) is 0. The van der Waals surface area contributed by atoms with Crippen molar-refractivity contribution in [2.75, 3.05) is 4.90 Å². The molecule has 27 heavy (non-hydrogen) atoms. The molecule has 2 aromatic rings. The van der Waals surface area contributed by atoms with Crippen molar-refractivity contribution in [2.24, 2.45) is 0 Å². The van der Waals surface area contributed by atoms with E-state index in [4.69, 9.17) is 0 Å². The quantitative estimate of drug-likeness (QED) is 0.810. The van der Waals surface area contributed by atoms with Gasteiger partial charge < -0.3 is 15.5 Å². The first-order chi connectivity index (χ1) is 12.9. The molecule has 2 N–H and O–H groups in total. The minimum absolute atomic E-state index is 0.0876. The van der Waals surface area contributed by atoms with E-state index in [-0.39, 0.29) is 24.1 Å². The van der Waals surface area contributed by atoms with Gasteiger partial charge >= 0.3 is 11.8 Å². The van der Waals surface area contributed by atoms with Crippen LogP contribution in [0.1, 0.15) is 31.0 Å². The molecular weight excluding hydrogens is 349 g/mol. The second-order valence-electron chi connectivity index (χ2n) is 6.54. The number of fused-ring (bicyclic) bond motifs is 1. The van der Waals surface area contributed by atoms with Crippen LogP contribution in [0.2, 0.25) is 0 Å². The highest BCUT2D eigenvalue weighted by Crippen LogP contribution is 2.36. The average Bonchev–Trinajstić information content (AvgIpc) is 2.92. The predicted octanol–water partition coefficient (Wildman–Crippen LogP) is 2.05. The molecule has 1 heterocycles. The highest BCUT2D eigenvalue weighted by Gasteiger charge is 2.39. The SMILES string of the molecule is CC(C)N1C(=O)[C@H](NC(=O)C(=O)NCc2ccccc2F)c2ccccc21. The number of carbonyl (C=O) groups is 3. The fourth-order valence-electron chi connectivity index (χ4n) is 3.11. The van der Waals surface area contributed by atoms with Crippen LogP contribution < -0.4 is 15.5 Å². The number of halogens is 1.